The number of nitrogens with one attached hydrogen (secondary N) is 1. The molecule has 0 aliphatic rings. The number of para-hydroxylation sites is 1. The highest BCUT2D eigenvalue weighted by molar-refractivity contribution is 5.31. The van der Waals surface area contributed by atoms with Crippen LogP contribution in [0.4, 0.5) is 0 Å². The first-order valence-electron chi connectivity index (χ1n) is 8.44. The number of nitrogens with zero attached hydrogens (tertiary/aromatic N) is 5. The van der Waals surface area contributed by atoms with E-state index < -0.39 is 0 Å². The lowest BCUT2D eigenvalue weighted by molar-refractivity contribution is 0.565. The number of hydrogen-bond donors (Lipinski definition) is 1. The van der Waals surface area contributed by atoms with Gasteiger partial charge < -0.3 is 0 Å². The molecule has 0 aliphatic carbocycles. The molecule has 0 radical (unpaired) electrons. The van der Waals surface area contributed by atoms with Crippen LogP contribution >= 0.6 is 0 Å². The molecule has 0 amide bonds. The van der Waals surface area contributed by atoms with E-state index in [1.54, 1.807) is 10.9 Å². The largest absolute Gasteiger partial charge is 0.298 e. The van der Waals surface area contributed by atoms with Crippen molar-refractivity contribution in [2.45, 2.75) is 12.6 Å². The zero-order valence-electron chi connectivity index (χ0n) is 14.1. The van der Waals surface area contributed by atoms with Crippen LogP contribution in [0.5, 0.6) is 0 Å². The van der Waals surface area contributed by atoms with E-state index in [0.29, 0.717) is 6.54 Å². The maximum absolute atomic E-state index is 4.52. The predicted molar refractivity (Wildman–Crippen MR) is 98.5 cm³/mol. The Morgan fingerprint density at radius 1 is 0.846 bits per heavy atom. The van der Waals surface area contributed by atoms with Crippen molar-refractivity contribution < 1.29 is 0 Å². The van der Waals surface area contributed by atoms with Crippen molar-refractivity contribution in [3.63, 3.8) is 0 Å². The fraction of sp³-hybridized carbons (Fsp3) is 0.100. The molecule has 4 aromatic rings. The molecule has 2 aromatic heterocycles. The molecule has 1 N–H and O–H groups in total. The van der Waals surface area contributed by atoms with Gasteiger partial charge in [0, 0.05) is 6.20 Å². The van der Waals surface area contributed by atoms with Crippen LogP contribution in [-0.2, 0) is 6.54 Å². The van der Waals surface area contributed by atoms with Crippen molar-refractivity contribution in [2.24, 2.45) is 0 Å². The number of tetrazole rings is 1. The molecule has 1 atom stereocenters. The summed E-state index contributed by atoms with van der Waals surface area (Å²) in [5.74, 6) is 0.744. The van der Waals surface area contributed by atoms with Crippen molar-refractivity contribution in [2.75, 3.05) is 0 Å². The number of rotatable bonds is 6. The smallest absolute Gasteiger partial charge is 0.170 e. The van der Waals surface area contributed by atoms with Gasteiger partial charge in [0.15, 0.2) is 5.82 Å². The molecule has 0 spiro atoms. The van der Waals surface area contributed by atoms with Crippen molar-refractivity contribution in [3.8, 4) is 5.69 Å². The fourth-order valence-electron chi connectivity index (χ4n) is 2.86. The molecule has 0 unspecified atom stereocenters. The van der Waals surface area contributed by atoms with Gasteiger partial charge in [0.05, 0.1) is 24.0 Å². The quantitative estimate of drug-likeness (QED) is 0.583. The van der Waals surface area contributed by atoms with E-state index in [0.717, 1.165) is 22.8 Å². The number of aromatic nitrogens is 5. The summed E-state index contributed by atoms with van der Waals surface area (Å²) in [5, 5.41) is 15.6. The van der Waals surface area contributed by atoms with Crippen molar-refractivity contribution >= 4 is 0 Å². The van der Waals surface area contributed by atoms with Crippen LogP contribution in [0, 0.1) is 0 Å². The predicted octanol–water partition coefficient (Wildman–Crippen LogP) is 2.94. The van der Waals surface area contributed by atoms with Crippen LogP contribution in [0.25, 0.3) is 5.69 Å². The van der Waals surface area contributed by atoms with Crippen molar-refractivity contribution in [1.29, 1.82) is 0 Å². The second-order valence-corrected chi connectivity index (χ2v) is 5.82. The van der Waals surface area contributed by atoms with Crippen LogP contribution < -0.4 is 5.32 Å². The van der Waals surface area contributed by atoms with Crippen LogP contribution in [0.15, 0.2) is 85.1 Å². The third-order valence-corrected chi connectivity index (χ3v) is 4.12. The minimum atomic E-state index is -0.0432. The second kappa shape index (κ2) is 7.67. The minimum Gasteiger partial charge on any atom is -0.298 e. The average Bonchev–Trinajstić information content (AvgIpc) is 3.19. The van der Waals surface area contributed by atoms with Gasteiger partial charge in [-0.05, 0) is 40.3 Å². The summed E-state index contributed by atoms with van der Waals surface area (Å²) in [7, 11) is 0. The Morgan fingerprint density at radius 3 is 2.31 bits per heavy atom. The Bertz CT molecular complexity index is 898. The van der Waals surface area contributed by atoms with E-state index in [1.165, 1.54) is 0 Å². The fourth-order valence-corrected chi connectivity index (χ4v) is 2.86. The summed E-state index contributed by atoms with van der Waals surface area (Å²) in [5.41, 5.74) is 3.03. The Labute approximate surface area is 151 Å². The van der Waals surface area contributed by atoms with Gasteiger partial charge in [-0.25, -0.2) is 0 Å². The highest BCUT2D eigenvalue weighted by Crippen LogP contribution is 2.20. The Kier molecular flexibility index (Phi) is 4.75. The van der Waals surface area contributed by atoms with Crippen molar-refractivity contribution in [1.82, 2.24) is 30.5 Å². The maximum atomic E-state index is 4.52. The third-order valence-electron chi connectivity index (χ3n) is 4.12. The summed E-state index contributed by atoms with van der Waals surface area (Å²) < 4.78 is 1.74. The summed E-state index contributed by atoms with van der Waals surface area (Å²) in [6.45, 7) is 0.512. The SMILES string of the molecule is c1ccc([C@H](NCc2nnnn2-c2ccccc2)c2ccccn2)cc1. The lowest BCUT2D eigenvalue weighted by Gasteiger charge is -2.18. The summed E-state index contributed by atoms with van der Waals surface area (Å²) in [6.07, 6.45) is 1.81. The first kappa shape index (κ1) is 16.1. The average molecular weight is 342 g/mol. The normalized spacial score (nSPS) is 12.0. The minimum absolute atomic E-state index is 0.0432. The van der Waals surface area contributed by atoms with Gasteiger partial charge in [-0.15, -0.1) is 5.10 Å². The molecular formula is C20H18N6. The molecule has 6 nitrogen and oxygen atoms in total. The zero-order valence-corrected chi connectivity index (χ0v) is 14.1. The zero-order chi connectivity index (χ0) is 17.6. The molecule has 2 aromatic carbocycles. The first-order chi connectivity index (χ1) is 12.9. The summed E-state index contributed by atoms with van der Waals surface area (Å²) in [6, 6.07) is 26.0. The van der Waals surface area contributed by atoms with Gasteiger partial charge in [-0.2, -0.15) is 4.68 Å². The van der Waals surface area contributed by atoms with Crippen molar-refractivity contribution in [3.05, 3.63) is 102 Å². The van der Waals surface area contributed by atoms with Gasteiger partial charge in [0.25, 0.3) is 0 Å². The summed E-state index contributed by atoms with van der Waals surface area (Å²) >= 11 is 0. The molecule has 2 heterocycles. The molecule has 0 aliphatic heterocycles. The molecule has 6 heteroatoms. The molecule has 0 saturated heterocycles. The van der Waals surface area contributed by atoms with Gasteiger partial charge in [0.2, 0.25) is 0 Å². The van der Waals surface area contributed by atoms with Crippen LogP contribution in [0.2, 0.25) is 0 Å². The standard InChI is InChI=1S/C20H18N6/c1-3-9-16(10-4-1)20(18-13-7-8-14-21-18)22-15-19-23-24-25-26(19)17-11-5-2-6-12-17/h1-14,20,22H,15H2/t20-/m0/s1. The van der Waals surface area contributed by atoms with Gasteiger partial charge in [-0.3, -0.25) is 10.3 Å². The second-order valence-electron chi connectivity index (χ2n) is 5.82. The number of benzene rings is 2. The third kappa shape index (κ3) is 3.50. The van der Waals surface area contributed by atoms with E-state index in [2.05, 4.69) is 38.0 Å². The van der Waals surface area contributed by atoms with E-state index in [4.69, 9.17) is 0 Å². The molecule has 26 heavy (non-hydrogen) atoms. The van der Waals surface area contributed by atoms with Gasteiger partial charge in [-0.1, -0.05) is 54.6 Å². The van der Waals surface area contributed by atoms with Crippen LogP contribution in [0.3, 0.4) is 0 Å². The molecule has 0 bridgehead atoms. The molecule has 0 fully saturated rings. The highest BCUT2D eigenvalue weighted by atomic mass is 15.5. The lowest BCUT2D eigenvalue weighted by Crippen LogP contribution is -2.24. The van der Waals surface area contributed by atoms with Crippen LogP contribution in [0.1, 0.15) is 23.1 Å². The van der Waals surface area contributed by atoms with E-state index >= 15 is 0 Å². The first-order valence-corrected chi connectivity index (χ1v) is 8.44. The Morgan fingerprint density at radius 2 is 1.58 bits per heavy atom. The van der Waals surface area contributed by atoms with Gasteiger partial charge in [0.1, 0.15) is 0 Å². The molecular weight excluding hydrogens is 324 g/mol. The van der Waals surface area contributed by atoms with Crippen LogP contribution in [-0.4, -0.2) is 25.2 Å². The molecule has 4 rings (SSSR count). The Balaban J connectivity index is 1.60. The summed E-state index contributed by atoms with van der Waals surface area (Å²) in [4.78, 5) is 4.52. The van der Waals surface area contributed by atoms with E-state index in [1.807, 2.05) is 66.7 Å². The van der Waals surface area contributed by atoms with E-state index in [9.17, 15) is 0 Å². The molecule has 0 saturated carbocycles. The van der Waals surface area contributed by atoms with Gasteiger partial charge >= 0.3 is 0 Å². The monoisotopic (exact) mass is 342 g/mol. The topological polar surface area (TPSA) is 68.5 Å². The Hall–Kier alpha value is -3.38. The highest BCUT2D eigenvalue weighted by Gasteiger charge is 2.16. The van der Waals surface area contributed by atoms with E-state index in [-0.39, 0.29) is 6.04 Å². The molecule has 128 valence electrons. The number of hydrogen-bond acceptors (Lipinski definition) is 5. The lowest BCUT2D eigenvalue weighted by atomic mass is 10.0. The number of pyridine rings is 1. The maximum Gasteiger partial charge on any atom is 0.170 e.